The number of nitriles is 2. The van der Waals surface area contributed by atoms with Gasteiger partial charge in [-0.25, -0.2) is 0 Å². The normalized spacial score (nSPS) is 14.1. The molecule has 10 nitrogen and oxygen atoms in total. The molecule has 1 atom stereocenters. The molecule has 2 aromatic carbocycles. The zero-order valence-electron chi connectivity index (χ0n) is 16.3. The fraction of sp³-hybridized carbons (Fsp3) is 0.136. The fourth-order valence-corrected chi connectivity index (χ4v) is 3.62. The van der Waals surface area contributed by atoms with E-state index in [9.17, 15) is 24.8 Å². The van der Waals surface area contributed by atoms with Crippen molar-refractivity contribution in [3.8, 4) is 23.6 Å². The number of carbonyl (C=O) groups excluding carboxylic acids is 1. The fourth-order valence-electron chi connectivity index (χ4n) is 3.62. The van der Waals surface area contributed by atoms with Gasteiger partial charge in [0.1, 0.15) is 29.7 Å². The van der Waals surface area contributed by atoms with Crippen molar-refractivity contribution in [3.63, 3.8) is 0 Å². The molecule has 3 N–H and O–H groups in total. The molecular formula is C22H14N4O6. The summed E-state index contributed by atoms with van der Waals surface area (Å²) in [7, 11) is 0. The minimum absolute atomic E-state index is 0.0143. The lowest BCUT2D eigenvalue weighted by molar-refractivity contribution is -0.135. The predicted octanol–water partition coefficient (Wildman–Crippen LogP) is 1.40. The number of carboxylic acids is 1. The minimum Gasteiger partial charge on any atom is -0.506 e. The lowest BCUT2D eigenvalue weighted by Gasteiger charge is -2.29. The maximum atomic E-state index is 13.2. The van der Waals surface area contributed by atoms with Crippen molar-refractivity contribution in [3.05, 3.63) is 69.0 Å². The lowest BCUT2D eigenvalue weighted by atomic mass is 10.0. The van der Waals surface area contributed by atoms with Gasteiger partial charge in [-0.2, -0.15) is 10.5 Å². The zero-order valence-corrected chi connectivity index (χ0v) is 16.3. The molecule has 158 valence electrons. The molecule has 0 saturated heterocycles. The number of aromatic nitrogens is 1. The van der Waals surface area contributed by atoms with Gasteiger partial charge in [0.15, 0.2) is 0 Å². The molecule has 1 aromatic heterocycles. The first-order valence-electron chi connectivity index (χ1n) is 9.34. The van der Waals surface area contributed by atoms with Crippen LogP contribution in [0, 0.1) is 22.7 Å². The van der Waals surface area contributed by atoms with Gasteiger partial charge < -0.3 is 20.3 Å². The van der Waals surface area contributed by atoms with Gasteiger partial charge in [-0.1, -0.05) is 12.1 Å². The van der Waals surface area contributed by atoms with E-state index in [0.717, 1.165) is 0 Å². The Hall–Kier alpha value is -4.83. The first kappa shape index (κ1) is 20.4. The Kier molecular flexibility index (Phi) is 4.97. The van der Waals surface area contributed by atoms with Crippen LogP contribution in [0.1, 0.15) is 33.2 Å². The average molecular weight is 430 g/mol. The second-order valence-corrected chi connectivity index (χ2v) is 7.04. The monoisotopic (exact) mass is 430 g/mol. The third kappa shape index (κ3) is 3.36. The van der Waals surface area contributed by atoms with Gasteiger partial charge in [-0.05, 0) is 23.8 Å². The highest BCUT2D eigenvalue weighted by atomic mass is 16.5. The molecule has 3 aromatic rings. The summed E-state index contributed by atoms with van der Waals surface area (Å²) in [5.74, 6) is -2.86. The number of aliphatic carboxylic acids is 1. The van der Waals surface area contributed by atoms with Crippen molar-refractivity contribution in [1.82, 2.24) is 9.88 Å². The highest BCUT2D eigenvalue weighted by molar-refractivity contribution is 6.04. The first-order valence-corrected chi connectivity index (χ1v) is 9.34. The zero-order chi connectivity index (χ0) is 23.0. The Labute approximate surface area is 180 Å². The van der Waals surface area contributed by atoms with Crippen LogP contribution in [-0.2, 0) is 11.3 Å². The summed E-state index contributed by atoms with van der Waals surface area (Å²) in [5.41, 5.74) is -0.0112. The van der Waals surface area contributed by atoms with Gasteiger partial charge in [0.05, 0.1) is 35.3 Å². The number of aromatic hydroxyl groups is 1. The van der Waals surface area contributed by atoms with Crippen LogP contribution in [0.2, 0.25) is 0 Å². The van der Waals surface area contributed by atoms with Gasteiger partial charge in [0.2, 0.25) is 0 Å². The number of hydrogen-bond acceptors (Lipinski definition) is 7. The molecule has 0 bridgehead atoms. The molecule has 2 heterocycles. The molecule has 1 unspecified atom stereocenters. The molecule has 10 heteroatoms. The maximum absolute atomic E-state index is 13.2. The third-order valence-corrected chi connectivity index (χ3v) is 5.08. The molecule has 1 aliphatic rings. The van der Waals surface area contributed by atoms with Gasteiger partial charge in [0.25, 0.3) is 11.5 Å². The van der Waals surface area contributed by atoms with E-state index in [1.165, 1.54) is 16.7 Å². The molecule has 0 spiro atoms. The van der Waals surface area contributed by atoms with Gasteiger partial charge in [0, 0.05) is 11.5 Å². The summed E-state index contributed by atoms with van der Waals surface area (Å²) in [4.78, 5) is 36.5. The second-order valence-electron chi connectivity index (χ2n) is 7.04. The van der Waals surface area contributed by atoms with Crippen LogP contribution < -0.4 is 15.6 Å². The summed E-state index contributed by atoms with van der Waals surface area (Å²) in [5, 5.41) is 40.0. The average Bonchev–Trinajstić information content (AvgIpc) is 2.80. The second kappa shape index (κ2) is 7.78. The van der Waals surface area contributed by atoms with Crippen LogP contribution in [-0.4, -0.2) is 33.2 Å². The number of nitrogens with one attached hydrogen (secondary N) is 1. The maximum Gasteiger partial charge on any atom is 0.322 e. The van der Waals surface area contributed by atoms with E-state index in [1.54, 1.807) is 24.3 Å². The number of benzene rings is 2. The highest BCUT2D eigenvalue weighted by Crippen LogP contribution is 2.39. The Balaban J connectivity index is 1.91. The molecule has 32 heavy (non-hydrogen) atoms. The lowest BCUT2D eigenvalue weighted by Crippen LogP contribution is -2.38. The van der Waals surface area contributed by atoms with Crippen molar-refractivity contribution in [1.29, 1.82) is 10.5 Å². The minimum atomic E-state index is -1.32. The summed E-state index contributed by atoms with van der Waals surface area (Å²) in [6.45, 7) is -0.754. The van der Waals surface area contributed by atoms with E-state index in [0.29, 0.717) is 11.1 Å². The van der Waals surface area contributed by atoms with Crippen molar-refractivity contribution in [2.45, 2.75) is 12.6 Å². The predicted molar refractivity (Wildman–Crippen MR) is 109 cm³/mol. The van der Waals surface area contributed by atoms with E-state index in [2.05, 4.69) is 5.32 Å². The molecular weight excluding hydrogens is 416 g/mol. The quantitative estimate of drug-likeness (QED) is 0.558. The van der Waals surface area contributed by atoms with Crippen molar-refractivity contribution in [2.75, 3.05) is 6.54 Å². The number of carbonyl (C=O) groups is 2. The first-order chi connectivity index (χ1) is 15.3. The van der Waals surface area contributed by atoms with E-state index < -0.39 is 41.4 Å². The van der Waals surface area contributed by atoms with Crippen LogP contribution in [0.4, 0.5) is 0 Å². The number of ether oxygens (including phenoxy) is 1. The van der Waals surface area contributed by atoms with Crippen LogP contribution in [0.3, 0.4) is 0 Å². The molecule has 1 aliphatic heterocycles. The Bertz CT molecular complexity index is 1430. The SMILES string of the molecule is N#Cc1ccc(C2Cn3c(=O)c(C(=O)NCC(=O)O)c(O)c4cc(C#N)cc(c43)O2)cc1. The summed E-state index contributed by atoms with van der Waals surface area (Å²) in [6.07, 6.45) is -0.676. The van der Waals surface area contributed by atoms with Crippen LogP contribution in [0.15, 0.2) is 41.2 Å². The van der Waals surface area contributed by atoms with Crippen LogP contribution in [0.5, 0.6) is 11.5 Å². The topological polar surface area (TPSA) is 165 Å². The van der Waals surface area contributed by atoms with E-state index in [4.69, 9.17) is 15.1 Å². The Morgan fingerprint density at radius 2 is 1.84 bits per heavy atom. The van der Waals surface area contributed by atoms with Crippen molar-refractivity contribution < 1.29 is 24.5 Å². The standard InChI is InChI=1S/C22H14N4O6/c23-7-11-1-3-13(4-2-11)16-10-26-19-14(5-12(8-24)6-15(19)32-16)20(29)18(22(26)31)21(30)25-9-17(27)28/h1-6,16,29H,9-10H2,(H,25,30)(H,27,28). The number of amides is 1. The number of nitrogens with zero attached hydrogens (tertiary/aromatic N) is 3. The molecule has 0 fully saturated rings. The Morgan fingerprint density at radius 1 is 1.16 bits per heavy atom. The molecule has 1 amide bonds. The number of hydrogen-bond donors (Lipinski definition) is 3. The molecule has 0 aliphatic carbocycles. The van der Waals surface area contributed by atoms with E-state index in [1.807, 2.05) is 12.1 Å². The number of carboxylic acid groups (broad SMARTS) is 1. The van der Waals surface area contributed by atoms with Crippen LogP contribution in [0.25, 0.3) is 10.9 Å². The Morgan fingerprint density at radius 3 is 2.47 bits per heavy atom. The molecule has 0 radical (unpaired) electrons. The molecule has 4 rings (SSSR count). The largest absolute Gasteiger partial charge is 0.506 e. The van der Waals surface area contributed by atoms with E-state index >= 15 is 0 Å². The highest BCUT2D eigenvalue weighted by Gasteiger charge is 2.30. The number of rotatable bonds is 4. The van der Waals surface area contributed by atoms with E-state index in [-0.39, 0.29) is 28.8 Å². The smallest absolute Gasteiger partial charge is 0.322 e. The summed E-state index contributed by atoms with van der Waals surface area (Å²) in [6, 6.07) is 13.2. The van der Waals surface area contributed by atoms with Crippen molar-refractivity contribution >= 4 is 22.8 Å². The van der Waals surface area contributed by atoms with Crippen LogP contribution >= 0.6 is 0 Å². The summed E-state index contributed by atoms with van der Waals surface area (Å²) < 4.78 is 7.27. The van der Waals surface area contributed by atoms with Gasteiger partial charge in [-0.15, -0.1) is 0 Å². The van der Waals surface area contributed by atoms with Crippen molar-refractivity contribution in [2.24, 2.45) is 0 Å². The third-order valence-electron chi connectivity index (χ3n) is 5.08. The van der Waals surface area contributed by atoms with Gasteiger partial charge in [-0.3, -0.25) is 19.0 Å². The number of pyridine rings is 1. The van der Waals surface area contributed by atoms with Gasteiger partial charge >= 0.3 is 5.97 Å². The molecule has 0 saturated carbocycles. The summed E-state index contributed by atoms with van der Waals surface area (Å²) >= 11 is 0.